The van der Waals surface area contributed by atoms with Crippen LogP contribution in [0.5, 0.6) is 5.75 Å². The lowest BCUT2D eigenvalue weighted by molar-refractivity contribution is -0.113. The van der Waals surface area contributed by atoms with Crippen LogP contribution in [0, 0.1) is 6.92 Å². The molecule has 150 valence electrons. The highest BCUT2D eigenvalue weighted by molar-refractivity contribution is 7.99. The number of hydrogen-bond acceptors (Lipinski definition) is 7. The molecule has 2 aromatic carbocycles. The molecule has 9 heteroatoms. The van der Waals surface area contributed by atoms with Gasteiger partial charge in [-0.25, -0.2) is 4.79 Å². The number of thioether (sulfide) groups is 1. The minimum atomic E-state index is -0.424. The molecule has 0 saturated heterocycles. The predicted molar refractivity (Wildman–Crippen MR) is 110 cm³/mol. The minimum Gasteiger partial charge on any atom is -0.497 e. The lowest BCUT2D eigenvalue weighted by atomic mass is 10.2. The van der Waals surface area contributed by atoms with E-state index in [-0.39, 0.29) is 11.7 Å². The van der Waals surface area contributed by atoms with Gasteiger partial charge in [-0.1, -0.05) is 11.8 Å². The first kappa shape index (κ1) is 20.4. The zero-order valence-electron chi connectivity index (χ0n) is 16.2. The van der Waals surface area contributed by atoms with E-state index in [1.54, 1.807) is 31.4 Å². The van der Waals surface area contributed by atoms with E-state index in [9.17, 15) is 9.59 Å². The number of ether oxygens (including phenoxy) is 2. The largest absolute Gasteiger partial charge is 0.497 e. The van der Waals surface area contributed by atoms with Crippen LogP contribution >= 0.6 is 11.8 Å². The Kier molecular flexibility index (Phi) is 6.50. The van der Waals surface area contributed by atoms with Crippen LogP contribution in [0.3, 0.4) is 0 Å². The number of nitrogens with one attached hydrogen (secondary N) is 1. The number of aryl methyl sites for hydroxylation is 1. The Labute approximate surface area is 172 Å². The summed E-state index contributed by atoms with van der Waals surface area (Å²) >= 11 is 1.28. The molecule has 0 atom stereocenters. The van der Waals surface area contributed by atoms with Gasteiger partial charge in [0.1, 0.15) is 11.6 Å². The monoisotopic (exact) mass is 412 g/mol. The lowest BCUT2D eigenvalue weighted by Gasteiger charge is -2.09. The molecule has 0 bridgehead atoms. The molecule has 0 aliphatic carbocycles. The molecule has 8 nitrogen and oxygen atoms in total. The molecular weight excluding hydrogens is 392 g/mol. The Morgan fingerprint density at radius 3 is 2.34 bits per heavy atom. The number of carbonyl (C=O) groups is 2. The molecule has 0 spiro atoms. The second-order valence-corrected chi connectivity index (χ2v) is 6.91. The van der Waals surface area contributed by atoms with Gasteiger partial charge >= 0.3 is 5.97 Å². The summed E-state index contributed by atoms with van der Waals surface area (Å²) in [6.45, 7) is 1.85. The smallest absolute Gasteiger partial charge is 0.337 e. The first-order valence-electron chi connectivity index (χ1n) is 8.69. The van der Waals surface area contributed by atoms with Crippen LogP contribution in [-0.2, 0) is 9.53 Å². The van der Waals surface area contributed by atoms with Crippen molar-refractivity contribution in [2.75, 3.05) is 25.3 Å². The number of methoxy groups -OCH3 is 2. The fourth-order valence-electron chi connectivity index (χ4n) is 2.60. The molecule has 0 aliphatic heterocycles. The first-order valence-corrected chi connectivity index (χ1v) is 9.68. The maximum Gasteiger partial charge on any atom is 0.337 e. The maximum absolute atomic E-state index is 12.3. The van der Waals surface area contributed by atoms with E-state index in [1.807, 2.05) is 35.8 Å². The quantitative estimate of drug-likeness (QED) is 0.471. The van der Waals surface area contributed by atoms with E-state index < -0.39 is 5.97 Å². The number of esters is 1. The molecule has 29 heavy (non-hydrogen) atoms. The van der Waals surface area contributed by atoms with Crippen molar-refractivity contribution in [3.8, 4) is 11.4 Å². The Morgan fingerprint density at radius 1 is 1.03 bits per heavy atom. The summed E-state index contributed by atoms with van der Waals surface area (Å²) in [5.74, 6) is 1.02. The number of aromatic nitrogens is 3. The van der Waals surface area contributed by atoms with E-state index in [2.05, 4.69) is 20.3 Å². The Hall–Kier alpha value is -3.33. The van der Waals surface area contributed by atoms with E-state index in [4.69, 9.17) is 4.74 Å². The molecule has 3 rings (SSSR count). The second kappa shape index (κ2) is 9.24. The number of amides is 1. The summed E-state index contributed by atoms with van der Waals surface area (Å²) in [6.07, 6.45) is 0. The van der Waals surface area contributed by atoms with Crippen LogP contribution in [0.2, 0.25) is 0 Å². The van der Waals surface area contributed by atoms with Crippen molar-refractivity contribution < 1.29 is 19.1 Å². The van der Waals surface area contributed by atoms with E-state index in [0.29, 0.717) is 16.4 Å². The van der Waals surface area contributed by atoms with Crippen LogP contribution in [0.25, 0.3) is 5.69 Å². The molecular formula is C20H20N4O4S. The van der Waals surface area contributed by atoms with Gasteiger partial charge in [0.15, 0.2) is 5.16 Å². The number of carbonyl (C=O) groups excluding carboxylic acids is 2. The van der Waals surface area contributed by atoms with Crippen molar-refractivity contribution in [3.63, 3.8) is 0 Å². The van der Waals surface area contributed by atoms with Gasteiger partial charge < -0.3 is 14.8 Å². The number of anilines is 1. The van der Waals surface area contributed by atoms with Crippen LogP contribution in [0.4, 0.5) is 5.69 Å². The van der Waals surface area contributed by atoms with Crippen molar-refractivity contribution in [1.29, 1.82) is 0 Å². The zero-order valence-corrected chi connectivity index (χ0v) is 17.0. The highest BCUT2D eigenvalue weighted by Crippen LogP contribution is 2.23. The van der Waals surface area contributed by atoms with Crippen molar-refractivity contribution >= 4 is 29.3 Å². The summed E-state index contributed by atoms with van der Waals surface area (Å²) in [4.78, 5) is 23.8. The van der Waals surface area contributed by atoms with E-state index >= 15 is 0 Å². The number of hydrogen-bond donors (Lipinski definition) is 1. The topological polar surface area (TPSA) is 95.3 Å². The molecule has 1 aromatic heterocycles. The number of nitrogens with zero attached hydrogens (tertiary/aromatic N) is 3. The lowest BCUT2D eigenvalue weighted by Crippen LogP contribution is -2.14. The van der Waals surface area contributed by atoms with Gasteiger partial charge in [-0.05, 0) is 55.5 Å². The van der Waals surface area contributed by atoms with E-state index in [0.717, 1.165) is 17.3 Å². The van der Waals surface area contributed by atoms with Gasteiger partial charge in [-0.2, -0.15) is 0 Å². The SMILES string of the molecule is COC(=O)c1ccc(NC(=O)CSc2nnc(C)n2-c2ccc(OC)cc2)cc1. The molecule has 1 heterocycles. The average molecular weight is 412 g/mol. The van der Waals surface area contributed by atoms with Gasteiger partial charge in [0, 0.05) is 11.4 Å². The fourth-order valence-corrected chi connectivity index (χ4v) is 3.40. The second-order valence-electron chi connectivity index (χ2n) is 5.97. The predicted octanol–water partition coefficient (Wildman–Crippen LogP) is 3.10. The van der Waals surface area contributed by atoms with Crippen molar-refractivity contribution in [1.82, 2.24) is 14.8 Å². The third-order valence-electron chi connectivity index (χ3n) is 4.05. The van der Waals surface area contributed by atoms with Crippen LogP contribution in [-0.4, -0.2) is 46.6 Å². The molecule has 3 aromatic rings. The molecule has 0 saturated carbocycles. The van der Waals surface area contributed by atoms with Gasteiger partial charge in [0.2, 0.25) is 5.91 Å². The Morgan fingerprint density at radius 2 is 1.72 bits per heavy atom. The van der Waals surface area contributed by atoms with Crippen molar-refractivity contribution in [2.24, 2.45) is 0 Å². The molecule has 1 amide bonds. The summed E-state index contributed by atoms with van der Waals surface area (Å²) in [5, 5.41) is 11.7. The van der Waals surface area contributed by atoms with Crippen LogP contribution in [0.1, 0.15) is 16.2 Å². The van der Waals surface area contributed by atoms with Gasteiger partial charge in [-0.15, -0.1) is 10.2 Å². The van der Waals surface area contributed by atoms with E-state index in [1.165, 1.54) is 18.9 Å². The summed E-state index contributed by atoms with van der Waals surface area (Å²) in [7, 11) is 2.93. The van der Waals surface area contributed by atoms with Gasteiger partial charge in [0.05, 0.1) is 25.5 Å². The fraction of sp³-hybridized carbons (Fsp3) is 0.200. The number of rotatable bonds is 7. The summed E-state index contributed by atoms with van der Waals surface area (Å²) < 4.78 is 11.7. The Balaban J connectivity index is 1.64. The normalized spacial score (nSPS) is 10.4. The van der Waals surface area contributed by atoms with Crippen LogP contribution in [0.15, 0.2) is 53.7 Å². The summed E-state index contributed by atoms with van der Waals surface area (Å²) in [5.41, 5.74) is 1.90. The molecule has 0 fully saturated rings. The minimum absolute atomic E-state index is 0.160. The maximum atomic E-state index is 12.3. The Bertz CT molecular complexity index is 1000. The first-order chi connectivity index (χ1) is 14.0. The van der Waals surface area contributed by atoms with Gasteiger partial charge in [0.25, 0.3) is 0 Å². The van der Waals surface area contributed by atoms with Crippen molar-refractivity contribution in [3.05, 3.63) is 59.9 Å². The average Bonchev–Trinajstić information content (AvgIpc) is 3.12. The molecule has 0 radical (unpaired) electrons. The van der Waals surface area contributed by atoms with Crippen LogP contribution < -0.4 is 10.1 Å². The highest BCUT2D eigenvalue weighted by Gasteiger charge is 2.14. The molecule has 1 N–H and O–H groups in total. The third-order valence-corrected chi connectivity index (χ3v) is 4.98. The molecule has 0 unspecified atom stereocenters. The highest BCUT2D eigenvalue weighted by atomic mass is 32.2. The molecule has 0 aliphatic rings. The summed E-state index contributed by atoms with van der Waals surface area (Å²) in [6, 6.07) is 14.0. The third kappa shape index (κ3) is 4.94. The standard InChI is InChI=1S/C20H20N4O4S/c1-13-22-23-20(24(13)16-8-10-17(27-2)11-9-16)29-12-18(25)21-15-6-4-14(5-7-15)19(26)28-3/h4-11H,12H2,1-3H3,(H,21,25). The van der Waals surface area contributed by atoms with Gasteiger partial charge in [-0.3, -0.25) is 9.36 Å². The zero-order chi connectivity index (χ0) is 20.8. The number of benzene rings is 2. The van der Waals surface area contributed by atoms with Crippen molar-refractivity contribution in [2.45, 2.75) is 12.1 Å².